The van der Waals surface area contributed by atoms with Crippen LogP contribution in [0, 0.1) is 0 Å². The molecule has 1 aliphatic heterocycles. The molecule has 0 bridgehead atoms. The zero-order valence-electron chi connectivity index (χ0n) is 17.8. The monoisotopic (exact) mass is 408 g/mol. The summed E-state index contributed by atoms with van der Waals surface area (Å²) in [7, 11) is 1.69. The minimum Gasteiger partial charge on any atom is -0.340 e. The summed E-state index contributed by atoms with van der Waals surface area (Å²) in [6, 6.07) is 9.57. The van der Waals surface area contributed by atoms with Crippen molar-refractivity contribution in [2.75, 3.05) is 31.1 Å². The Morgan fingerprint density at radius 1 is 1.10 bits per heavy atom. The van der Waals surface area contributed by atoms with E-state index in [0.29, 0.717) is 17.7 Å². The van der Waals surface area contributed by atoms with Crippen LogP contribution >= 0.6 is 0 Å². The first kappa shape index (κ1) is 20.2. The molecule has 1 aromatic carbocycles. The summed E-state index contributed by atoms with van der Waals surface area (Å²) in [6.07, 6.45) is 2.08. The van der Waals surface area contributed by atoms with Gasteiger partial charge in [-0.25, -0.2) is 4.79 Å². The van der Waals surface area contributed by atoms with Gasteiger partial charge in [-0.3, -0.25) is 13.9 Å². The van der Waals surface area contributed by atoms with Gasteiger partial charge in [-0.1, -0.05) is 42.0 Å². The van der Waals surface area contributed by atoms with Gasteiger partial charge < -0.3 is 14.8 Å². The van der Waals surface area contributed by atoms with Crippen molar-refractivity contribution in [3.63, 3.8) is 0 Å². The zero-order chi connectivity index (χ0) is 21.3. The summed E-state index contributed by atoms with van der Waals surface area (Å²) in [4.78, 5) is 33.5. The van der Waals surface area contributed by atoms with Crippen molar-refractivity contribution in [1.82, 2.24) is 24.0 Å². The van der Waals surface area contributed by atoms with Gasteiger partial charge in [0, 0.05) is 39.8 Å². The van der Waals surface area contributed by atoms with E-state index in [2.05, 4.69) is 16.3 Å². The van der Waals surface area contributed by atoms with Crippen LogP contribution in [0.15, 0.2) is 51.6 Å². The third-order valence-corrected chi connectivity index (χ3v) is 5.48. The van der Waals surface area contributed by atoms with Gasteiger partial charge in [-0.2, -0.15) is 4.98 Å². The van der Waals surface area contributed by atoms with Crippen LogP contribution in [0.1, 0.15) is 19.4 Å². The van der Waals surface area contributed by atoms with Crippen molar-refractivity contribution in [3.8, 4) is 0 Å². The topological polar surface area (TPSA) is 77.1 Å². The molecule has 30 heavy (non-hydrogen) atoms. The van der Waals surface area contributed by atoms with E-state index in [1.807, 2.05) is 48.7 Å². The molecular formula is C22H28N6O2. The predicted molar refractivity (Wildman–Crippen MR) is 119 cm³/mol. The van der Waals surface area contributed by atoms with E-state index >= 15 is 0 Å². The maximum absolute atomic E-state index is 13.5. The summed E-state index contributed by atoms with van der Waals surface area (Å²) < 4.78 is 4.75. The smallest absolute Gasteiger partial charge is 0.332 e. The molecule has 0 amide bonds. The maximum Gasteiger partial charge on any atom is 0.332 e. The van der Waals surface area contributed by atoms with Crippen molar-refractivity contribution in [3.05, 3.63) is 68.4 Å². The number of nitrogens with zero attached hydrogens (tertiary/aromatic N) is 5. The van der Waals surface area contributed by atoms with Crippen molar-refractivity contribution in [2.24, 2.45) is 7.05 Å². The highest BCUT2D eigenvalue weighted by atomic mass is 16.2. The first-order chi connectivity index (χ1) is 14.5. The van der Waals surface area contributed by atoms with Crippen LogP contribution in [-0.2, 0) is 20.1 Å². The first-order valence-corrected chi connectivity index (χ1v) is 10.3. The van der Waals surface area contributed by atoms with Crippen LogP contribution in [0.2, 0.25) is 0 Å². The van der Waals surface area contributed by atoms with E-state index in [1.54, 1.807) is 7.05 Å². The van der Waals surface area contributed by atoms with E-state index in [4.69, 9.17) is 4.98 Å². The molecule has 158 valence electrons. The Hall–Kier alpha value is -3.13. The Morgan fingerprint density at radius 2 is 1.80 bits per heavy atom. The molecule has 1 N–H and O–H groups in total. The molecule has 1 aliphatic rings. The number of piperazine rings is 1. The lowest BCUT2D eigenvalue weighted by molar-refractivity contribution is 0.572. The number of fused-ring (bicyclic) bond motifs is 1. The Labute approximate surface area is 175 Å². The fourth-order valence-corrected chi connectivity index (χ4v) is 3.82. The minimum absolute atomic E-state index is 0.235. The molecule has 8 nitrogen and oxygen atoms in total. The van der Waals surface area contributed by atoms with Gasteiger partial charge in [0.2, 0.25) is 5.95 Å². The number of imidazole rings is 1. The van der Waals surface area contributed by atoms with E-state index in [1.165, 1.54) is 9.13 Å². The van der Waals surface area contributed by atoms with E-state index in [-0.39, 0.29) is 17.8 Å². The van der Waals surface area contributed by atoms with Gasteiger partial charge in [0.1, 0.15) is 0 Å². The molecule has 0 aliphatic carbocycles. The fourth-order valence-electron chi connectivity index (χ4n) is 3.82. The molecule has 4 rings (SSSR count). The van der Waals surface area contributed by atoms with Crippen LogP contribution in [0.4, 0.5) is 5.95 Å². The van der Waals surface area contributed by atoms with E-state index < -0.39 is 0 Å². The largest absolute Gasteiger partial charge is 0.340 e. The average Bonchev–Trinajstić information content (AvgIpc) is 3.15. The molecule has 8 heteroatoms. The van der Waals surface area contributed by atoms with Gasteiger partial charge in [0.15, 0.2) is 11.2 Å². The fraction of sp³-hybridized carbons (Fsp3) is 0.409. The highest BCUT2D eigenvalue weighted by Gasteiger charge is 2.24. The molecule has 0 unspecified atom stereocenters. The normalized spacial score (nSPS) is 14.3. The summed E-state index contributed by atoms with van der Waals surface area (Å²) in [6.45, 7) is 8.19. The van der Waals surface area contributed by atoms with Gasteiger partial charge in [0.25, 0.3) is 5.56 Å². The summed E-state index contributed by atoms with van der Waals surface area (Å²) >= 11 is 0. The molecule has 1 saturated heterocycles. The SMILES string of the molecule is CC(C)=CCn1c(N2CCNCC2)nc2c1c(=O)n(Cc1ccccc1)c(=O)n2C. The van der Waals surface area contributed by atoms with Crippen molar-refractivity contribution >= 4 is 17.1 Å². The number of allylic oxidation sites excluding steroid dienone is 2. The molecule has 0 saturated carbocycles. The third kappa shape index (κ3) is 3.70. The summed E-state index contributed by atoms with van der Waals surface area (Å²) in [5.41, 5.74) is 2.33. The van der Waals surface area contributed by atoms with Crippen LogP contribution in [0.3, 0.4) is 0 Å². The second kappa shape index (κ2) is 8.31. The average molecular weight is 409 g/mol. The molecule has 0 spiro atoms. The second-order valence-electron chi connectivity index (χ2n) is 7.93. The highest BCUT2D eigenvalue weighted by molar-refractivity contribution is 5.74. The van der Waals surface area contributed by atoms with E-state index in [0.717, 1.165) is 43.3 Å². The van der Waals surface area contributed by atoms with Crippen LogP contribution in [0.25, 0.3) is 11.2 Å². The molecular weight excluding hydrogens is 380 g/mol. The Kier molecular flexibility index (Phi) is 5.59. The summed E-state index contributed by atoms with van der Waals surface area (Å²) in [5, 5.41) is 3.34. The molecule has 2 aromatic heterocycles. The lowest BCUT2D eigenvalue weighted by atomic mass is 10.2. The number of benzene rings is 1. The second-order valence-corrected chi connectivity index (χ2v) is 7.93. The lowest BCUT2D eigenvalue weighted by Crippen LogP contribution is -2.44. The lowest BCUT2D eigenvalue weighted by Gasteiger charge is -2.28. The number of hydrogen-bond acceptors (Lipinski definition) is 5. The number of aromatic nitrogens is 4. The van der Waals surface area contributed by atoms with Crippen molar-refractivity contribution in [1.29, 1.82) is 0 Å². The van der Waals surface area contributed by atoms with Gasteiger partial charge >= 0.3 is 5.69 Å². The highest BCUT2D eigenvalue weighted by Crippen LogP contribution is 2.20. The minimum atomic E-state index is -0.352. The Bertz CT molecular complexity index is 1190. The maximum atomic E-state index is 13.5. The Morgan fingerprint density at radius 3 is 2.47 bits per heavy atom. The number of hydrogen-bond donors (Lipinski definition) is 1. The molecule has 1 fully saturated rings. The van der Waals surface area contributed by atoms with Gasteiger partial charge in [0.05, 0.1) is 6.54 Å². The number of aryl methyl sites for hydroxylation is 1. The van der Waals surface area contributed by atoms with Crippen molar-refractivity contribution < 1.29 is 0 Å². The van der Waals surface area contributed by atoms with Crippen LogP contribution < -0.4 is 21.5 Å². The molecule has 0 atom stereocenters. The third-order valence-electron chi connectivity index (χ3n) is 5.48. The number of anilines is 1. The molecule has 3 aromatic rings. The molecule has 0 radical (unpaired) electrons. The van der Waals surface area contributed by atoms with Crippen LogP contribution in [-0.4, -0.2) is 44.9 Å². The zero-order valence-corrected chi connectivity index (χ0v) is 17.8. The summed E-state index contributed by atoms with van der Waals surface area (Å²) in [5.74, 6) is 0.744. The van der Waals surface area contributed by atoms with Gasteiger partial charge in [-0.05, 0) is 19.4 Å². The number of rotatable bonds is 5. The Balaban J connectivity index is 1.94. The first-order valence-electron chi connectivity index (χ1n) is 10.3. The van der Waals surface area contributed by atoms with Crippen molar-refractivity contribution in [2.45, 2.75) is 26.9 Å². The van der Waals surface area contributed by atoms with E-state index in [9.17, 15) is 9.59 Å². The predicted octanol–water partition coefficient (Wildman–Crippen LogP) is 1.32. The molecule has 3 heterocycles. The van der Waals surface area contributed by atoms with Gasteiger partial charge in [-0.15, -0.1) is 0 Å². The van der Waals surface area contributed by atoms with Crippen LogP contribution in [0.5, 0.6) is 0 Å². The number of nitrogens with one attached hydrogen (secondary N) is 1. The standard InChI is InChI=1S/C22H28N6O2/c1-16(2)9-12-27-18-19(24-21(27)26-13-10-23-11-14-26)25(3)22(30)28(20(18)29)15-17-7-5-4-6-8-17/h4-9,23H,10-15H2,1-3H3. The quantitative estimate of drug-likeness (QED) is 0.645.